The molecule has 0 spiro atoms. The van der Waals surface area contributed by atoms with Crippen LogP contribution in [0.1, 0.15) is 11.3 Å². The van der Waals surface area contributed by atoms with Crippen LogP contribution in [0.3, 0.4) is 0 Å². The summed E-state index contributed by atoms with van der Waals surface area (Å²) in [6.07, 6.45) is 3.42. The van der Waals surface area contributed by atoms with Gasteiger partial charge in [-0.1, -0.05) is 22.0 Å². The lowest BCUT2D eigenvalue weighted by molar-refractivity contribution is 0.428. The van der Waals surface area contributed by atoms with E-state index in [4.69, 9.17) is 0 Å². The Morgan fingerprint density at radius 1 is 1.47 bits per heavy atom. The molecule has 0 aliphatic carbocycles. The minimum absolute atomic E-state index is 0.0866. The van der Waals surface area contributed by atoms with Crippen molar-refractivity contribution in [2.75, 3.05) is 0 Å². The van der Waals surface area contributed by atoms with E-state index in [0.717, 1.165) is 25.9 Å². The van der Waals surface area contributed by atoms with Crippen molar-refractivity contribution < 1.29 is 5.11 Å². The summed E-state index contributed by atoms with van der Waals surface area (Å²) in [6.45, 7) is 0. The number of nitrogens with one attached hydrogen (secondary N) is 1. The number of aromatic amines is 1. The number of benzene rings is 1. The van der Waals surface area contributed by atoms with Crippen molar-refractivity contribution >= 4 is 39.5 Å². The third kappa shape index (κ3) is 1.94. The maximum Gasteiger partial charge on any atom is 0.328 e. The second-order valence-electron chi connectivity index (χ2n) is 4.25. The summed E-state index contributed by atoms with van der Waals surface area (Å²) in [6, 6.07) is 5.78. The molecule has 2 heterocycles. The molecule has 19 heavy (non-hydrogen) atoms. The zero-order valence-electron chi connectivity index (χ0n) is 10.0. The number of rotatable bonds is 1. The first kappa shape index (κ1) is 12.0. The Kier molecular flexibility index (Phi) is 2.67. The van der Waals surface area contributed by atoms with E-state index in [1.807, 2.05) is 18.2 Å². The molecule has 0 fully saturated rings. The summed E-state index contributed by atoms with van der Waals surface area (Å²) in [7, 11) is 1.50. The third-order valence-electron chi connectivity index (χ3n) is 3.02. The highest BCUT2D eigenvalue weighted by atomic mass is 79.9. The zero-order valence-corrected chi connectivity index (χ0v) is 11.6. The lowest BCUT2D eigenvalue weighted by Crippen LogP contribution is -2.11. The molecule has 2 aromatic rings. The fourth-order valence-electron chi connectivity index (χ4n) is 1.97. The minimum atomic E-state index is -0.352. The minimum Gasteiger partial charge on any atom is -0.493 e. The number of aromatic nitrogens is 2. The second kappa shape index (κ2) is 4.24. The highest BCUT2D eigenvalue weighted by Crippen LogP contribution is 2.35. The lowest BCUT2D eigenvalue weighted by atomic mass is 10.1. The second-order valence-corrected chi connectivity index (χ2v) is 5.16. The van der Waals surface area contributed by atoms with E-state index >= 15 is 0 Å². The molecule has 0 atom stereocenters. The van der Waals surface area contributed by atoms with Crippen molar-refractivity contribution in [1.82, 2.24) is 9.55 Å². The molecule has 1 aromatic carbocycles. The van der Waals surface area contributed by atoms with Gasteiger partial charge in [-0.3, -0.25) is 9.56 Å². The fraction of sp³-hybridized carbons (Fsp3) is 0.0769. The average molecular weight is 320 g/mol. The van der Waals surface area contributed by atoms with E-state index < -0.39 is 0 Å². The molecule has 6 heteroatoms. The predicted octanol–water partition coefficient (Wildman–Crippen LogP) is 2.44. The Bertz CT molecular complexity index is 784. The van der Waals surface area contributed by atoms with Crippen LogP contribution >= 0.6 is 15.9 Å². The summed E-state index contributed by atoms with van der Waals surface area (Å²) in [5.41, 5.74) is 2.70. The Labute approximate surface area is 117 Å². The fourth-order valence-corrected chi connectivity index (χ4v) is 2.32. The number of hydrogen-bond acceptors (Lipinski definition) is 3. The lowest BCUT2D eigenvalue weighted by Gasteiger charge is -2.00. The van der Waals surface area contributed by atoms with Crippen molar-refractivity contribution in [1.29, 1.82) is 0 Å². The van der Waals surface area contributed by atoms with Crippen LogP contribution in [-0.2, 0) is 7.05 Å². The first-order chi connectivity index (χ1) is 9.06. The molecule has 3 rings (SSSR count). The molecule has 0 saturated heterocycles. The van der Waals surface area contributed by atoms with Gasteiger partial charge in [0.05, 0.1) is 5.69 Å². The number of fused-ring (bicyclic) bond motifs is 1. The third-order valence-corrected chi connectivity index (χ3v) is 3.51. The van der Waals surface area contributed by atoms with Crippen LogP contribution in [0.5, 0.6) is 5.88 Å². The van der Waals surface area contributed by atoms with Crippen LogP contribution < -0.4 is 5.69 Å². The number of aromatic hydroxyl groups is 1. The van der Waals surface area contributed by atoms with Gasteiger partial charge in [0.15, 0.2) is 0 Å². The Morgan fingerprint density at radius 3 is 2.95 bits per heavy atom. The number of halogens is 1. The van der Waals surface area contributed by atoms with Crippen LogP contribution in [0.25, 0.3) is 11.6 Å². The van der Waals surface area contributed by atoms with Gasteiger partial charge in [0.2, 0.25) is 5.88 Å². The van der Waals surface area contributed by atoms with Gasteiger partial charge in [-0.2, -0.15) is 0 Å². The molecular formula is C13H10BrN3O2. The van der Waals surface area contributed by atoms with Gasteiger partial charge in [0.1, 0.15) is 5.69 Å². The van der Waals surface area contributed by atoms with E-state index in [9.17, 15) is 9.90 Å². The van der Waals surface area contributed by atoms with E-state index in [2.05, 4.69) is 25.9 Å². The van der Waals surface area contributed by atoms with Crippen LogP contribution in [-0.4, -0.2) is 20.9 Å². The molecule has 1 aliphatic heterocycles. The first-order valence-electron chi connectivity index (χ1n) is 5.60. The van der Waals surface area contributed by atoms with Crippen molar-refractivity contribution in [3.05, 3.63) is 44.4 Å². The SMILES string of the molecule is Cn1c(O)c(/C=C2\C=Nc3cc(Br)ccc32)[nH]c1=O. The first-order valence-corrected chi connectivity index (χ1v) is 6.39. The molecule has 0 saturated carbocycles. The highest BCUT2D eigenvalue weighted by molar-refractivity contribution is 9.10. The van der Waals surface area contributed by atoms with Gasteiger partial charge in [-0.15, -0.1) is 0 Å². The molecule has 1 aliphatic rings. The molecule has 0 unspecified atom stereocenters. The van der Waals surface area contributed by atoms with E-state index in [-0.39, 0.29) is 11.6 Å². The number of aliphatic imine (C=N–C) groups is 1. The van der Waals surface area contributed by atoms with Crippen LogP contribution in [0, 0.1) is 0 Å². The number of hydrogen-bond donors (Lipinski definition) is 2. The summed E-state index contributed by atoms with van der Waals surface area (Å²) >= 11 is 3.39. The molecule has 96 valence electrons. The van der Waals surface area contributed by atoms with Gasteiger partial charge in [0, 0.05) is 28.9 Å². The number of allylic oxidation sites excluding steroid dienone is 1. The van der Waals surface area contributed by atoms with Crippen LogP contribution in [0.4, 0.5) is 5.69 Å². The normalized spacial score (nSPS) is 15.2. The summed E-state index contributed by atoms with van der Waals surface area (Å²) < 4.78 is 2.11. The largest absolute Gasteiger partial charge is 0.493 e. The van der Waals surface area contributed by atoms with Gasteiger partial charge in [0.25, 0.3) is 0 Å². The molecular weight excluding hydrogens is 310 g/mol. The van der Waals surface area contributed by atoms with Crippen LogP contribution in [0.2, 0.25) is 0 Å². The van der Waals surface area contributed by atoms with Gasteiger partial charge >= 0.3 is 5.69 Å². The van der Waals surface area contributed by atoms with Crippen molar-refractivity contribution in [2.24, 2.45) is 12.0 Å². The Morgan fingerprint density at radius 2 is 2.26 bits per heavy atom. The smallest absolute Gasteiger partial charge is 0.328 e. The maximum absolute atomic E-state index is 11.4. The zero-order chi connectivity index (χ0) is 13.6. The molecule has 2 N–H and O–H groups in total. The van der Waals surface area contributed by atoms with Crippen molar-refractivity contribution in [3.63, 3.8) is 0 Å². The quantitative estimate of drug-likeness (QED) is 0.847. The molecule has 5 nitrogen and oxygen atoms in total. The Balaban J connectivity index is 2.11. The van der Waals surface area contributed by atoms with Gasteiger partial charge < -0.3 is 10.1 Å². The standard InChI is InChI=1S/C13H10BrN3O2/c1-17-12(18)11(16-13(17)19)4-7-6-15-10-5-8(14)2-3-9(7)10/h2-6,18H,1H3,(H,16,19)/b7-4+. The van der Waals surface area contributed by atoms with Gasteiger partial charge in [-0.25, -0.2) is 4.79 Å². The summed E-state index contributed by atoms with van der Waals surface area (Å²) in [4.78, 5) is 18.3. The van der Waals surface area contributed by atoms with E-state index in [0.29, 0.717) is 5.69 Å². The Hall–Kier alpha value is -2.08. The van der Waals surface area contributed by atoms with Crippen molar-refractivity contribution in [3.8, 4) is 5.88 Å². The predicted molar refractivity (Wildman–Crippen MR) is 77.9 cm³/mol. The maximum atomic E-state index is 11.4. The topological polar surface area (TPSA) is 70.4 Å². The molecule has 0 radical (unpaired) electrons. The van der Waals surface area contributed by atoms with Crippen LogP contribution in [0.15, 0.2) is 32.5 Å². The molecule has 1 aromatic heterocycles. The number of H-pyrrole nitrogens is 1. The van der Waals surface area contributed by atoms with Gasteiger partial charge in [-0.05, 0) is 18.2 Å². The highest BCUT2D eigenvalue weighted by Gasteiger charge is 2.14. The average Bonchev–Trinajstić information content (AvgIpc) is 2.87. The van der Waals surface area contributed by atoms with E-state index in [1.165, 1.54) is 7.05 Å². The number of imidazole rings is 1. The monoisotopic (exact) mass is 319 g/mol. The molecule has 0 amide bonds. The molecule has 0 bridgehead atoms. The summed E-state index contributed by atoms with van der Waals surface area (Å²) in [5, 5.41) is 9.81. The number of nitrogens with zero attached hydrogens (tertiary/aromatic N) is 2. The van der Waals surface area contributed by atoms with Crippen molar-refractivity contribution in [2.45, 2.75) is 0 Å². The summed E-state index contributed by atoms with van der Waals surface area (Å²) in [5.74, 6) is -0.0866. The van der Waals surface area contributed by atoms with E-state index in [1.54, 1.807) is 12.3 Å².